The standard InChI is InChI=1S/C12H16N2O2.ClH/c1-8(2)6-13-9-3-4-10-11(5-9)16-7-12(15)14-10;/h3-5,8,13H,6-7H2,1-2H3,(H,14,15);1H. The van der Waals surface area contributed by atoms with Crippen molar-refractivity contribution in [2.24, 2.45) is 5.92 Å². The van der Waals surface area contributed by atoms with Crippen molar-refractivity contribution in [1.82, 2.24) is 0 Å². The first kappa shape index (κ1) is 13.6. The van der Waals surface area contributed by atoms with Crippen molar-refractivity contribution in [1.29, 1.82) is 0 Å². The van der Waals surface area contributed by atoms with Crippen LogP contribution in [0.3, 0.4) is 0 Å². The highest BCUT2D eigenvalue weighted by Crippen LogP contribution is 2.30. The van der Waals surface area contributed by atoms with Crippen LogP contribution in [0.15, 0.2) is 18.2 Å². The summed E-state index contributed by atoms with van der Waals surface area (Å²) in [4.78, 5) is 11.1. The summed E-state index contributed by atoms with van der Waals surface area (Å²) in [7, 11) is 0. The molecular formula is C12H17ClN2O2. The molecule has 1 aromatic carbocycles. The first-order valence-electron chi connectivity index (χ1n) is 5.46. The van der Waals surface area contributed by atoms with Crippen LogP contribution in [0.4, 0.5) is 11.4 Å². The van der Waals surface area contributed by atoms with E-state index in [4.69, 9.17) is 4.74 Å². The second-order valence-corrected chi connectivity index (χ2v) is 4.32. The van der Waals surface area contributed by atoms with Gasteiger partial charge in [0.1, 0.15) is 5.75 Å². The van der Waals surface area contributed by atoms with E-state index in [2.05, 4.69) is 24.5 Å². The molecule has 1 heterocycles. The van der Waals surface area contributed by atoms with Gasteiger partial charge in [-0.15, -0.1) is 12.4 Å². The minimum atomic E-state index is -0.101. The van der Waals surface area contributed by atoms with Crippen molar-refractivity contribution in [3.05, 3.63) is 18.2 Å². The molecular weight excluding hydrogens is 240 g/mol. The number of benzene rings is 1. The van der Waals surface area contributed by atoms with Gasteiger partial charge < -0.3 is 15.4 Å². The molecule has 17 heavy (non-hydrogen) atoms. The maximum atomic E-state index is 11.1. The Hall–Kier alpha value is -1.42. The zero-order valence-corrected chi connectivity index (χ0v) is 10.8. The van der Waals surface area contributed by atoms with Crippen LogP contribution in [0, 0.1) is 5.92 Å². The highest BCUT2D eigenvalue weighted by atomic mass is 35.5. The highest BCUT2D eigenvalue weighted by molar-refractivity contribution is 5.95. The predicted octanol–water partition coefficient (Wildman–Crippen LogP) is 2.51. The van der Waals surface area contributed by atoms with Crippen LogP contribution in [-0.2, 0) is 4.79 Å². The Morgan fingerprint density at radius 1 is 1.47 bits per heavy atom. The Labute approximate surface area is 107 Å². The molecule has 94 valence electrons. The number of rotatable bonds is 3. The van der Waals surface area contributed by atoms with Crippen molar-refractivity contribution < 1.29 is 9.53 Å². The van der Waals surface area contributed by atoms with E-state index in [0.29, 0.717) is 5.92 Å². The SMILES string of the molecule is CC(C)CNc1ccc2c(c1)OCC(=O)N2.Cl. The number of fused-ring (bicyclic) bond motifs is 1. The largest absolute Gasteiger partial charge is 0.482 e. The van der Waals surface area contributed by atoms with E-state index >= 15 is 0 Å². The normalized spacial score (nSPS) is 13.2. The monoisotopic (exact) mass is 256 g/mol. The molecule has 0 spiro atoms. The lowest BCUT2D eigenvalue weighted by atomic mass is 10.2. The fourth-order valence-electron chi connectivity index (χ4n) is 1.51. The Kier molecular flexibility index (Phi) is 4.63. The third kappa shape index (κ3) is 3.53. The summed E-state index contributed by atoms with van der Waals surface area (Å²) in [5, 5.41) is 6.07. The van der Waals surface area contributed by atoms with Gasteiger partial charge in [0.05, 0.1) is 5.69 Å². The first-order valence-corrected chi connectivity index (χ1v) is 5.46. The quantitative estimate of drug-likeness (QED) is 0.874. The maximum Gasteiger partial charge on any atom is 0.262 e. The van der Waals surface area contributed by atoms with Gasteiger partial charge in [0.25, 0.3) is 5.91 Å². The second-order valence-electron chi connectivity index (χ2n) is 4.32. The summed E-state index contributed by atoms with van der Waals surface area (Å²) >= 11 is 0. The number of carbonyl (C=O) groups excluding carboxylic acids is 1. The zero-order chi connectivity index (χ0) is 11.5. The third-order valence-corrected chi connectivity index (χ3v) is 2.33. The van der Waals surface area contributed by atoms with Gasteiger partial charge in [0.2, 0.25) is 0 Å². The lowest BCUT2D eigenvalue weighted by Crippen LogP contribution is -2.25. The number of amides is 1. The number of nitrogens with one attached hydrogen (secondary N) is 2. The van der Waals surface area contributed by atoms with Gasteiger partial charge in [-0.05, 0) is 18.1 Å². The van der Waals surface area contributed by atoms with Crippen molar-refractivity contribution in [2.75, 3.05) is 23.8 Å². The van der Waals surface area contributed by atoms with Gasteiger partial charge in [0, 0.05) is 18.3 Å². The molecule has 1 aliphatic rings. The smallest absolute Gasteiger partial charge is 0.262 e. The molecule has 5 heteroatoms. The molecule has 1 aliphatic heterocycles. The summed E-state index contributed by atoms with van der Waals surface area (Å²) in [6, 6.07) is 5.71. The number of hydrogen-bond acceptors (Lipinski definition) is 3. The molecule has 4 nitrogen and oxygen atoms in total. The molecule has 2 N–H and O–H groups in total. The van der Waals surface area contributed by atoms with Crippen molar-refractivity contribution in [3.8, 4) is 5.75 Å². The molecule has 0 saturated heterocycles. The third-order valence-electron chi connectivity index (χ3n) is 2.33. The van der Waals surface area contributed by atoms with Crippen LogP contribution in [0.1, 0.15) is 13.8 Å². The minimum Gasteiger partial charge on any atom is -0.482 e. The first-order chi connectivity index (χ1) is 7.65. The Morgan fingerprint density at radius 2 is 2.24 bits per heavy atom. The Morgan fingerprint density at radius 3 is 2.94 bits per heavy atom. The van der Waals surface area contributed by atoms with Crippen molar-refractivity contribution in [3.63, 3.8) is 0 Å². The molecule has 0 aliphatic carbocycles. The molecule has 0 atom stereocenters. The van der Waals surface area contributed by atoms with Crippen LogP contribution in [0.5, 0.6) is 5.75 Å². The van der Waals surface area contributed by atoms with Gasteiger partial charge in [0.15, 0.2) is 6.61 Å². The second kappa shape index (κ2) is 5.77. The average Bonchev–Trinajstić information content (AvgIpc) is 2.26. The number of ether oxygens (including phenoxy) is 1. The van der Waals surface area contributed by atoms with Gasteiger partial charge in [-0.2, -0.15) is 0 Å². The van der Waals surface area contributed by atoms with Crippen LogP contribution >= 0.6 is 12.4 Å². The molecule has 0 unspecified atom stereocenters. The number of hydrogen-bond donors (Lipinski definition) is 2. The van der Waals surface area contributed by atoms with Crippen LogP contribution in [0.25, 0.3) is 0 Å². The number of carbonyl (C=O) groups is 1. The molecule has 0 saturated carbocycles. The van der Waals surface area contributed by atoms with Gasteiger partial charge in [-0.1, -0.05) is 13.8 Å². The average molecular weight is 257 g/mol. The number of anilines is 2. The van der Waals surface area contributed by atoms with E-state index in [1.165, 1.54) is 0 Å². The van der Waals surface area contributed by atoms with Crippen LogP contribution in [0.2, 0.25) is 0 Å². The maximum absolute atomic E-state index is 11.1. The van der Waals surface area contributed by atoms with Crippen molar-refractivity contribution >= 4 is 29.7 Å². The van der Waals surface area contributed by atoms with Crippen molar-refractivity contribution in [2.45, 2.75) is 13.8 Å². The van der Waals surface area contributed by atoms with Crippen LogP contribution < -0.4 is 15.4 Å². The minimum absolute atomic E-state index is 0. The molecule has 2 rings (SSSR count). The highest BCUT2D eigenvalue weighted by Gasteiger charge is 2.15. The van der Waals surface area contributed by atoms with E-state index < -0.39 is 0 Å². The summed E-state index contributed by atoms with van der Waals surface area (Å²) in [5.41, 5.74) is 1.76. The van der Waals surface area contributed by atoms with Gasteiger partial charge >= 0.3 is 0 Å². The zero-order valence-electron chi connectivity index (χ0n) is 9.95. The molecule has 1 aromatic rings. The summed E-state index contributed by atoms with van der Waals surface area (Å²) in [6.07, 6.45) is 0. The van der Waals surface area contributed by atoms with E-state index in [1.807, 2.05) is 18.2 Å². The Balaban J connectivity index is 0.00000144. The molecule has 0 fully saturated rings. The van der Waals surface area contributed by atoms with E-state index in [9.17, 15) is 4.79 Å². The molecule has 0 bridgehead atoms. The molecule has 0 aromatic heterocycles. The number of halogens is 1. The summed E-state index contributed by atoms with van der Waals surface area (Å²) in [6.45, 7) is 5.33. The topological polar surface area (TPSA) is 50.4 Å². The van der Waals surface area contributed by atoms with E-state index in [-0.39, 0.29) is 24.9 Å². The summed E-state index contributed by atoms with van der Waals surface area (Å²) in [5.74, 6) is 1.22. The fraction of sp³-hybridized carbons (Fsp3) is 0.417. The van der Waals surface area contributed by atoms with Gasteiger partial charge in [-0.25, -0.2) is 0 Å². The van der Waals surface area contributed by atoms with Gasteiger partial charge in [-0.3, -0.25) is 4.79 Å². The lowest BCUT2D eigenvalue weighted by Gasteiger charge is -2.19. The Bertz CT molecular complexity index is 407. The fourth-order valence-corrected chi connectivity index (χ4v) is 1.51. The lowest BCUT2D eigenvalue weighted by molar-refractivity contribution is -0.118. The van der Waals surface area contributed by atoms with E-state index in [0.717, 1.165) is 23.7 Å². The van der Waals surface area contributed by atoms with Crippen LogP contribution in [-0.4, -0.2) is 19.1 Å². The molecule has 1 amide bonds. The van der Waals surface area contributed by atoms with E-state index in [1.54, 1.807) is 0 Å². The summed E-state index contributed by atoms with van der Waals surface area (Å²) < 4.78 is 5.33. The predicted molar refractivity (Wildman–Crippen MR) is 71.1 cm³/mol. The molecule has 0 radical (unpaired) electrons.